The predicted octanol–water partition coefficient (Wildman–Crippen LogP) is 1.30. The van der Waals surface area contributed by atoms with Crippen LogP contribution in [0, 0.1) is 0 Å². The molecule has 0 bridgehead atoms. The Morgan fingerprint density at radius 1 is 1.60 bits per heavy atom. The second-order valence-electron chi connectivity index (χ2n) is 4.05. The maximum absolute atomic E-state index is 5.57. The lowest BCUT2D eigenvalue weighted by atomic mass is 10.1. The van der Waals surface area contributed by atoms with Gasteiger partial charge in [-0.1, -0.05) is 0 Å². The Bertz CT molecular complexity index is 292. The zero-order valence-corrected chi connectivity index (χ0v) is 9.06. The van der Waals surface area contributed by atoms with Gasteiger partial charge in [-0.05, 0) is 31.7 Å². The molecule has 0 aliphatic carbocycles. The summed E-state index contributed by atoms with van der Waals surface area (Å²) >= 11 is 0. The molecule has 4 heteroatoms. The minimum absolute atomic E-state index is 0.495. The minimum Gasteiger partial charge on any atom is -0.378 e. The Morgan fingerprint density at radius 3 is 3.20 bits per heavy atom. The van der Waals surface area contributed by atoms with E-state index in [1.807, 2.05) is 16.9 Å². The van der Waals surface area contributed by atoms with Gasteiger partial charge >= 0.3 is 0 Å². The van der Waals surface area contributed by atoms with Crippen molar-refractivity contribution < 1.29 is 4.74 Å². The average molecular weight is 209 g/mol. The van der Waals surface area contributed by atoms with Crippen LogP contribution in [0.15, 0.2) is 12.3 Å². The van der Waals surface area contributed by atoms with Gasteiger partial charge in [-0.25, -0.2) is 0 Å². The fraction of sp³-hybridized carbons (Fsp3) is 0.727. The van der Waals surface area contributed by atoms with E-state index in [-0.39, 0.29) is 0 Å². The van der Waals surface area contributed by atoms with E-state index in [2.05, 4.69) is 5.10 Å². The van der Waals surface area contributed by atoms with Gasteiger partial charge in [0.15, 0.2) is 0 Å². The maximum Gasteiger partial charge on any atom is 0.0760 e. The molecule has 0 radical (unpaired) electrons. The first-order valence-corrected chi connectivity index (χ1v) is 5.72. The van der Waals surface area contributed by atoms with Crippen molar-refractivity contribution >= 4 is 0 Å². The summed E-state index contributed by atoms with van der Waals surface area (Å²) in [6.45, 7) is 2.45. The highest BCUT2D eigenvalue weighted by Crippen LogP contribution is 2.16. The molecule has 1 aromatic heterocycles. The summed E-state index contributed by atoms with van der Waals surface area (Å²) in [5, 5.41) is 4.34. The minimum atomic E-state index is 0.495. The summed E-state index contributed by atoms with van der Waals surface area (Å²) in [5.74, 6) is 0. The van der Waals surface area contributed by atoms with Crippen LogP contribution < -0.4 is 5.73 Å². The van der Waals surface area contributed by atoms with E-state index in [0.717, 1.165) is 31.7 Å². The number of nitrogens with two attached hydrogens (primary N) is 1. The number of aryl methyl sites for hydroxylation is 1. The lowest BCUT2D eigenvalue weighted by Crippen LogP contribution is -2.08. The number of aromatic nitrogens is 2. The highest BCUT2D eigenvalue weighted by molar-refractivity contribution is 4.97. The van der Waals surface area contributed by atoms with Crippen molar-refractivity contribution in [3.05, 3.63) is 18.0 Å². The van der Waals surface area contributed by atoms with Gasteiger partial charge in [-0.2, -0.15) is 5.10 Å². The molecule has 0 saturated carbocycles. The summed E-state index contributed by atoms with van der Waals surface area (Å²) < 4.78 is 7.54. The van der Waals surface area contributed by atoms with Gasteiger partial charge in [0, 0.05) is 25.9 Å². The Labute approximate surface area is 90.4 Å². The molecule has 1 unspecified atom stereocenters. The highest BCUT2D eigenvalue weighted by atomic mass is 16.5. The van der Waals surface area contributed by atoms with E-state index < -0.39 is 0 Å². The Kier molecular flexibility index (Phi) is 3.75. The normalized spacial score (nSPS) is 21.0. The first kappa shape index (κ1) is 10.6. The molecule has 1 aliphatic rings. The average Bonchev–Trinajstić information content (AvgIpc) is 2.88. The van der Waals surface area contributed by atoms with E-state index in [1.165, 1.54) is 12.8 Å². The molecule has 2 heterocycles. The number of ether oxygens (including phenoxy) is 1. The van der Waals surface area contributed by atoms with Gasteiger partial charge in [0.2, 0.25) is 0 Å². The van der Waals surface area contributed by atoms with Crippen molar-refractivity contribution in [3.8, 4) is 0 Å². The standard InChI is InChI=1S/C11H19N3O/c12-9-10-5-7-14(13-10)6-1-3-11-4-2-8-15-11/h5,7,11H,1-4,6,8-9,12H2. The molecule has 4 nitrogen and oxygen atoms in total. The molecule has 0 aromatic carbocycles. The second kappa shape index (κ2) is 5.28. The number of nitrogens with zero attached hydrogens (tertiary/aromatic N) is 2. The summed E-state index contributed by atoms with van der Waals surface area (Å²) in [4.78, 5) is 0. The van der Waals surface area contributed by atoms with Crippen molar-refractivity contribution in [2.75, 3.05) is 6.61 Å². The van der Waals surface area contributed by atoms with Gasteiger partial charge in [0.05, 0.1) is 11.8 Å². The monoisotopic (exact) mass is 209 g/mol. The number of hydrogen-bond donors (Lipinski definition) is 1. The van der Waals surface area contributed by atoms with E-state index in [0.29, 0.717) is 12.6 Å². The lowest BCUT2D eigenvalue weighted by Gasteiger charge is -2.08. The van der Waals surface area contributed by atoms with Gasteiger partial charge in [-0.15, -0.1) is 0 Å². The van der Waals surface area contributed by atoms with Crippen LogP contribution in [0.3, 0.4) is 0 Å². The number of rotatable bonds is 5. The highest BCUT2D eigenvalue weighted by Gasteiger charge is 2.14. The second-order valence-corrected chi connectivity index (χ2v) is 4.05. The lowest BCUT2D eigenvalue weighted by molar-refractivity contribution is 0.101. The van der Waals surface area contributed by atoms with E-state index in [4.69, 9.17) is 10.5 Å². The van der Waals surface area contributed by atoms with Crippen LogP contribution >= 0.6 is 0 Å². The van der Waals surface area contributed by atoms with Crippen LogP contribution in [-0.2, 0) is 17.8 Å². The van der Waals surface area contributed by atoms with Crippen molar-refractivity contribution in [1.82, 2.24) is 9.78 Å². The summed E-state index contributed by atoms with van der Waals surface area (Å²) in [5.41, 5.74) is 6.46. The first-order valence-electron chi connectivity index (χ1n) is 5.72. The molecule has 15 heavy (non-hydrogen) atoms. The van der Waals surface area contributed by atoms with Crippen molar-refractivity contribution in [2.24, 2.45) is 5.73 Å². The van der Waals surface area contributed by atoms with E-state index >= 15 is 0 Å². The van der Waals surface area contributed by atoms with Gasteiger partial charge < -0.3 is 10.5 Å². The molecular weight excluding hydrogens is 190 g/mol. The van der Waals surface area contributed by atoms with Crippen LogP contribution in [0.4, 0.5) is 0 Å². The largest absolute Gasteiger partial charge is 0.378 e. The zero-order chi connectivity index (χ0) is 10.5. The van der Waals surface area contributed by atoms with Gasteiger partial charge in [0.25, 0.3) is 0 Å². The van der Waals surface area contributed by atoms with Crippen LogP contribution in [0.2, 0.25) is 0 Å². The van der Waals surface area contributed by atoms with Crippen molar-refractivity contribution in [2.45, 2.75) is 44.9 Å². The number of hydrogen-bond acceptors (Lipinski definition) is 3. The molecule has 1 saturated heterocycles. The van der Waals surface area contributed by atoms with Crippen LogP contribution in [0.25, 0.3) is 0 Å². The van der Waals surface area contributed by atoms with E-state index in [1.54, 1.807) is 0 Å². The van der Waals surface area contributed by atoms with Crippen LogP contribution in [0.1, 0.15) is 31.4 Å². The third-order valence-electron chi connectivity index (χ3n) is 2.84. The zero-order valence-electron chi connectivity index (χ0n) is 9.06. The SMILES string of the molecule is NCc1ccn(CCCC2CCCO2)n1. The Hall–Kier alpha value is -0.870. The van der Waals surface area contributed by atoms with Crippen LogP contribution in [-0.4, -0.2) is 22.5 Å². The quantitative estimate of drug-likeness (QED) is 0.795. The third kappa shape index (κ3) is 3.04. The van der Waals surface area contributed by atoms with Gasteiger partial charge in [0.1, 0.15) is 0 Å². The van der Waals surface area contributed by atoms with Crippen molar-refractivity contribution in [3.63, 3.8) is 0 Å². The summed E-state index contributed by atoms with van der Waals surface area (Å²) in [7, 11) is 0. The molecule has 2 rings (SSSR count). The first-order chi connectivity index (χ1) is 7.38. The molecule has 0 amide bonds. The van der Waals surface area contributed by atoms with Gasteiger partial charge in [-0.3, -0.25) is 4.68 Å². The van der Waals surface area contributed by atoms with Crippen molar-refractivity contribution in [1.29, 1.82) is 0 Å². The molecule has 1 aromatic rings. The Balaban J connectivity index is 1.68. The predicted molar refractivity (Wildman–Crippen MR) is 58.3 cm³/mol. The summed E-state index contributed by atoms with van der Waals surface area (Å²) in [6.07, 6.45) is 7.23. The van der Waals surface area contributed by atoms with Crippen LogP contribution in [0.5, 0.6) is 0 Å². The smallest absolute Gasteiger partial charge is 0.0760 e. The molecule has 1 atom stereocenters. The molecule has 1 aliphatic heterocycles. The third-order valence-corrected chi connectivity index (χ3v) is 2.84. The molecular formula is C11H19N3O. The fourth-order valence-electron chi connectivity index (χ4n) is 1.99. The maximum atomic E-state index is 5.57. The summed E-state index contributed by atoms with van der Waals surface area (Å²) in [6, 6.07) is 1.98. The molecule has 1 fully saturated rings. The fourth-order valence-corrected chi connectivity index (χ4v) is 1.99. The van der Waals surface area contributed by atoms with E-state index in [9.17, 15) is 0 Å². The molecule has 84 valence electrons. The topological polar surface area (TPSA) is 53.1 Å². The molecule has 2 N–H and O–H groups in total. The Morgan fingerprint density at radius 2 is 2.53 bits per heavy atom. The molecule has 0 spiro atoms.